The van der Waals surface area contributed by atoms with Gasteiger partial charge >= 0.3 is 0 Å². The summed E-state index contributed by atoms with van der Waals surface area (Å²) in [4.78, 5) is 9.32. The van der Waals surface area contributed by atoms with E-state index >= 15 is 0 Å². The van der Waals surface area contributed by atoms with Crippen LogP contribution in [0.1, 0.15) is 11.3 Å². The highest BCUT2D eigenvalue weighted by molar-refractivity contribution is 7.99. The van der Waals surface area contributed by atoms with Crippen LogP contribution in [0.4, 0.5) is 0 Å². The Morgan fingerprint density at radius 2 is 2.05 bits per heavy atom. The lowest BCUT2D eigenvalue weighted by Crippen LogP contribution is -1.96. The molecule has 1 N–H and O–H groups in total. The van der Waals surface area contributed by atoms with E-state index in [0.717, 1.165) is 28.3 Å². The van der Waals surface area contributed by atoms with Crippen molar-refractivity contribution in [3.8, 4) is 11.6 Å². The molecule has 2 aromatic rings. The smallest absolute Gasteiger partial charge is 0.237 e. The van der Waals surface area contributed by atoms with Crippen LogP contribution < -0.4 is 4.74 Å². The number of fused-ring (bicyclic) bond motifs is 1. The van der Waals surface area contributed by atoms with Crippen molar-refractivity contribution in [3.05, 3.63) is 40.8 Å². The molecule has 0 saturated heterocycles. The first-order chi connectivity index (χ1) is 9.26. The number of benzene rings is 1. The molecule has 0 bridgehead atoms. The summed E-state index contributed by atoms with van der Waals surface area (Å²) in [5.74, 6) is 2.15. The summed E-state index contributed by atoms with van der Waals surface area (Å²) >= 11 is 7.58. The van der Waals surface area contributed by atoms with Crippen LogP contribution in [-0.2, 0) is 13.0 Å². The average Bonchev–Trinajstić information content (AvgIpc) is 2.88. The number of hydrogen-bond acceptors (Lipinski definition) is 5. The van der Waals surface area contributed by atoms with Gasteiger partial charge in [0.05, 0.1) is 17.2 Å². The lowest BCUT2D eigenvalue weighted by Gasteiger charge is -2.09. The molecule has 0 radical (unpaired) electrons. The molecule has 0 atom stereocenters. The number of nitrogens with zero attached hydrogens (tertiary/aromatic N) is 2. The van der Waals surface area contributed by atoms with Crippen molar-refractivity contribution in [1.29, 1.82) is 0 Å². The van der Waals surface area contributed by atoms with Crippen molar-refractivity contribution in [2.75, 3.05) is 5.75 Å². The molecule has 19 heavy (non-hydrogen) atoms. The SMILES string of the molecule is OCc1ccc(Oc2nc(Cl)nc3c2SCC3)cc1. The Morgan fingerprint density at radius 1 is 1.26 bits per heavy atom. The van der Waals surface area contributed by atoms with Crippen molar-refractivity contribution in [3.63, 3.8) is 0 Å². The zero-order valence-corrected chi connectivity index (χ0v) is 11.5. The number of aliphatic hydroxyl groups excluding tert-OH is 1. The Morgan fingerprint density at radius 3 is 2.79 bits per heavy atom. The zero-order chi connectivity index (χ0) is 13.2. The fraction of sp³-hybridized carbons (Fsp3) is 0.231. The number of halogens is 1. The molecule has 1 aromatic heterocycles. The van der Waals surface area contributed by atoms with Crippen molar-refractivity contribution in [2.45, 2.75) is 17.9 Å². The molecule has 6 heteroatoms. The molecular weight excluding hydrogens is 284 g/mol. The Kier molecular flexibility index (Phi) is 3.59. The maximum atomic E-state index is 9.00. The summed E-state index contributed by atoms with van der Waals surface area (Å²) in [5, 5.41) is 9.21. The van der Waals surface area contributed by atoms with Gasteiger partial charge in [0.1, 0.15) is 5.75 Å². The maximum Gasteiger partial charge on any atom is 0.237 e. The molecule has 0 amide bonds. The van der Waals surface area contributed by atoms with Gasteiger partial charge in [-0.15, -0.1) is 11.8 Å². The van der Waals surface area contributed by atoms with Crippen LogP contribution in [-0.4, -0.2) is 20.8 Å². The van der Waals surface area contributed by atoms with Crippen molar-refractivity contribution in [2.24, 2.45) is 0 Å². The summed E-state index contributed by atoms with van der Waals surface area (Å²) in [6.45, 7) is 0.0187. The van der Waals surface area contributed by atoms with Crippen LogP contribution in [0.25, 0.3) is 0 Å². The van der Waals surface area contributed by atoms with Gasteiger partial charge in [0.25, 0.3) is 0 Å². The number of hydrogen-bond donors (Lipinski definition) is 1. The second kappa shape index (κ2) is 5.36. The zero-order valence-electron chi connectivity index (χ0n) is 9.97. The molecule has 3 rings (SSSR count). The maximum absolute atomic E-state index is 9.00. The van der Waals surface area contributed by atoms with E-state index < -0.39 is 0 Å². The second-order valence-corrected chi connectivity index (χ2v) is 5.52. The predicted molar refractivity (Wildman–Crippen MR) is 73.9 cm³/mol. The van der Waals surface area contributed by atoms with Crippen LogP contribution in [0, 0.1) is 0 Å². The molecule has 0 unspecified atom stereocenters. The summed E-state index contributed by atoms with van der Waals surface area (Å²) in [6.07, 6.45) is 0.891. The van der Waals surface area contributed by atoms with Gasteiger partial charge in [0.15, 0.2) is 0 Å². The quantitative estimate of drug-likeness (QED) is 0.882. The van der Waals surface area contributed by atoms with E-state index in [9.17, 15) is 0 Å². The Labute approximate surface area is 119 Å². The van der Waals surface area contributed by atoms with E-state index in [0.29, 0.717) is 11.6 Å². The van der Waals surface area contributed by atoms with Gasteiger partial charge in [0, 0.05) is 12.2 Å². The van der Waals surface area contributed by atoms with Crippen LogP contribution in [0.2, 0.25) is 5.28 Å². The number of aliphatic hydroxyl groups is 1. The second-order valence-electron chi connectivity index (χ2n) is 4.08. The van der Waals surface area contributed by atoms with Crippen molar-refractivity contribution >= 4 is 23.4 Å². The highest BCUT2D eigenvalue weighted by Crippen LogP contribution is 2.39. The number of aromatic nitrogens is 2. The first-order valence-electron chi connectivity index (χ1n) is 5.83. The predicted octanol–water partition coefficient (Wildman–Crippen LogP) is 3.06. The monoisotopic (exact) mass is 294 g/mol. The molecule has 1 aliphatic heterocycles. The molecule has 1 aliphatic rings. The third-order valence-electron chi connectivity index (χ3n) is 2.78. The van der Waals surface area contributed by atoms with Gasteiger partial charge in [-0.25, -0.2) is 4.98 Å². The highest BCUT2D eigenvalue weighted by Gasteiger charge is 2.21. The van der Waals surface area contributed by atoms with Gasteiger partial charge in [0.2, 0.25) is 11.2 Å². The Bertz CT molecular complexity index is 604. The lowest BCUT2D eigenvalue weighted by molar-refractivity contribution is 0.281. The van der Waals surface area contributed by atoms with Gasteiger partial charge in [-0.1, -0.05) is 12.1 Å². The first-order valence-corrected chi connectivity index (χ1v) is 7.19. The van der Waals surface area contributed by atoms with Gasteiger partial charge in [-0.3, -0.25) is 0 Å². The summed E-state index contributed by atoms with van der Waals surface area (Å²) in [6, 6.07) is 7.22. The summed E-state index contributed by atoms with van der Waals surface area (Å²) in [5.41, 5.74) is 1.79. The number of ether oxygens (including phenoxy) is 1. The molecular formula is C13H11ClN2O2S. The molecule has 2 heterocycles. The molecule has 1 aromatic carbocycles. The minimum Gasteiger partial charge on any atom is -0.438 e. The third kappa shape index (κ3) is 2.68. The number of rotatable bonds is 3. The largest absolute Gasteiger partial charge is 0.438 e. The van der Waals surface area contributed by atoms with Crippen LogP contribution in [0.3, 0.4) is 0 Å². The van der Waals surface area contributed by atoms with E-state index in [4.69, 9.17) is 21.4 Å². The minimum absolute atomic E-state index is 0.0187. The Hall–Kier alpha value is -1.30. The third-order valence-corrected chi connectivity index (χ3v) is 4.06. The standard InChI is InChI=1S/C13H11ClN2O2S/c14-13-15-10-5-6-19-11(10)12(16-13)18-9-3-1-8(7-17)2-4-9/h1-4,17H,5-7H2. The number of aryl methyl sites for hydroxylation is 1. The molecule has 0 saturated carbocycles. The molecule has 0 aliphatic carbocycles. The van der Waals surface area contributed by atoms with E-state index in [2.05, 4.69) is 9.97 Å². The minimum atomic E-state index is 0.0187. The van der Waals surface area contributed by atoms with Gasteiger partial charge < -0.3 is 9.84 Å². The van der Waals surface area contributed by atoms with E-state index in [1.165, 1.54) is 0 Å². The summed E-state index contributed by atoms with van der Waals surface area (Å²) in [7, 11) is 0. The topological polar surface area (TPSA) is 55.2 Å². The fourth-order valence-electron chi connectivity index (χ4n) is 1.85. The van der Waals surface area contributed by atoms with Crippen LogP contribution in [0.5, 0.6) is 11.6 Å². The lowest BCUT2D eigenvalue weighted by atomic mass is 10.2. The van der Waals surface area contributed by atoms with Crippen LogP contribution in [0.15, 0.2) is 29.2 Å². The highest BCUT2D eigenvalue weighted by atomic mass is 35.5. The van der Waals surface area contributed by atoms with E-state index in [1.807, 2.05) is 12.1 Å². The Balaban J connectivity index is 1.90. The number of thioether (sulfide) groups is 1. The van der Waals surface area contributed by atoms with Crippen molar-refractivity contribution < 1.29 is 9.84 Å². The normalized spacial score (nSPS) is 13.4. The average molecular weight is 295 g/mol. The molecule has 4 nitrogen and oxygen atoms in total. The fourth-order valence-corrected chi connectivity index (χ4v) is 3.06. The van der Waals surface area contributed by atoms with Crippen molar-refractivity contribution in [1.82, 2.24) is 9.97 Å². The van der Waals surface area contributed by atoms with Gasteiger partial charge in [-0.05, 0) is 29.3 Å². The molecule has 0 spiro atoms. The van der Waals surface area contributed by atoms with Crippen LogP contribution >= 0.6 is 23.4 Å². The molecule has 98 valence electrons. The van der Waals surface area contributed by atoms with Gasteiger partial charge in [-0.2, -0.15) is 4.98 Å². The van der Waals surface area contributed by atoms with E-state index in [-0.39, 0.29) is 11.9 Å². The first kappa shape index (κ1) is 12.7. The summed E-state index contributed by atoms with van der Waals surface area (Å²) < 4.78 is 5.76. The van der Waals surface area contributed by atoms with E-state index in [1.54, 1.807) is 23.9 Å². The molecule has 0 fully saturated rings.